The van der Waals surface area contributed by atoms with Crippen molar-refractivity contribution in [2.75, 3.05) is 0 Å². The summed E-state index contributed by atoms with van der Waals surface area (Å²) in [5.41, 5.74) is 5.98. The normalized spacial score (nSPS) is 11.8. The van der Waals surface area contributed by atoms with Crippen LogP contribution in [0.4, 0.5) is 0 Å². The number of hydrogen-bond donors (Lipinski definition) is 2. The van der Waals surface area contributed by atoms with E-state index in [1.807, 2.05) is 103 Å². The molecule has 2 aliphatic heterocycles. The van der Waals surface area contributed by atoms with E-state index in [0.717, 1.165) is 43.8 Å². The summed E-state index contributed by atoms with van der Waals surface area (Å²) in [5, 5.41) is 3.44. The molecule has 0 fully saturated rings. The Hall–Kier alpha value is -6.81. The largest absolute Gasteiger partial charge is 0.455 e. The van der Waals surface area contributed by atoms with E-state index >= 15 is 0 Å². The number of aromatic amines is 2. The fourth-order valence-corrected chi connectivity index (χ4v) is 6.28. The molecule has 220 valence electrons. The van der Waals surface area contributed by atoms with Gasteiger partial charge in [-0.3, -0.25) is 4.98 Å². The predicted molar refractivity (Wildman–Crippen MR) is 180 cm³/mol. The molecule has 0 saturated carbocycles. The van der Waals surface area contributed by atoms with Crippen LogP contribution in [-0.4, -0.2) is 44.9 Å². The van der Waals surface area contributed by atoms with Gasteiger partial charge in [0, 0.05) is 44.6 Å². The van der Waals surface area contributed by atoms with Gasteiger partial charge in [0.25, 0.3) is 0 Å². The van der Waals surface area contributed by atoms with Gasteiger partial charge in [0.15, 0.2) is 23.3 Å². The van der Waals surface area contributed by atoms with Gasteiger partial charge in [0.05, 0.1) is 11.6 Å². The summed E-state index contributed by atoms with van der Waals surface area (Å²) in [4.78, 5) is 41.4. The van der Waals surface area contributed by atoms with Gasteiger partial charge in [-0.05, 0) is 18.2 Å². The molecule has 2 N–H and O–H groups in total. The highest BCUT2D eigenvalue weighted by molar-refractivity contribution is 6.09. The van der Waals surface area contributed by atoms with E-state index in [0.29, 0.717) is 57.4 Å². The average Bonchev–Trinajstić information content (AvgIpc) is 3.85. The summed E-state index contributed by atoms with van der Waals surface area (Å²) in [6.45, 7) is 0. The van der Waals surface area contributed by atoms with Crippen molar-refractivity contribution < 1.29 is 4.74 Å². The minimum atomic E-state index is 0.525. The Kier molecular flexibility index (Phi) is 5.34. The second kappa shape index (κ2) is 9.85. The van der Waals surface area contributed by atoms with E-state index in [2.05, 4.69) is 15.0 Å². The van der Waals surface area contributed by atoms with Crippen LogP contribution in [-0.2, 0) is 0 Å². The zero-order valence-corrected chi connectivity index (χ0v) is 24.5. The van der Waals surface area contributed by atoms with Crippen LogP contribution in [0.25, 0.3) is 89.7 Å². The summed E-state index contributed by atoms with van der Waals surface area (Å²) in [5.74, 6) is 3.39. The Morgan fingerprint density at radius 3 is 1.47 bits per heavy atom. The first-order chi connectivity index (χ1) is 23.3. The van der Waals surface area contributed by atoms with E-state index in [1.165, 1.54) is 0 Å². The summed E-state index contributed by atoms with van der Waals surface area (Å²) in [6, 6.07) is 33.5. The fraction of sp³-hybridized carbons (Fsp3) is 0. The van der Waals surface area contributed by atoms with Gasteiger partial charge < -0.3 is 14.7 Å². The topological polar surface area (TPSA) is 131 Å². The first kappa shape index (κ1) is 25.5. The SMILES string of the molecule is c1cncc(Oc2cccc3c4nc5nc(nc6[nH]c(nc7nc(nc([nH]4)c23)-c2ccccc2-7)c2ccccc62)-c2ccccc2-5)c1. The van der Waals surface area contributed by atoms with Gasteiger partial charge in [0.1, 0.15) is 34.1 Å². The molecule has 0 atom stereocenters. The molecule has 10 nitrogen and oxygen atoms in total. The van der Waals surface area contributed by atoms with Gasteiger partial charge in [-0.2, -0.15) is 0 Å². The Bertz CT molecular complexity index is 2730. The van der Waals surface area contributed by atoms with Crippen LogP contribution in [0.15, 0.2) is 116 Å². The van der Waals surface area contributed by atoms with Crippen molar-refractivity contribution >= 4 is 44.1 Å². The van der Waals surface area contributed by atoms with E-state index in [9.17, 15) is 0 Å². The number of fused-ring (bicyclic) bond motifs is 20. The maximum atomic E-state index is 6.36. The van der Waals surface area contributed by atoms with Crippen molar-refractivity contribution in [2.24, 2.45) is 0 Å². The summed E-state index contributed by atoms with van der Waals surface area (Å²) in [6.07, 6.45) is 3.39. The second-order valence-corrected chi connectivity index (χ2v) is 11.2. The Balaban J connectivity index is 1.38. The number of benzene rings is 4. The molecule has 0 amide bonds. The Labute approximate surface area is 265 Å². The lowest BCUT2D eigenvalue weighted by molar-refractivity contribution is 0.486. The van der Waals surface area contributed by atoms with Crippen LogP contribution in [0.1, 0.15) is 0 Å². The fourth-order valence-electron chi connectivity index (χ4n) is 6.28. The average molecular weight is 608 g/mol. The predicted octanol–water partition coefficient (Wildman–Crippen LogP) is 8.06. The molecule has 8 aromatic rings. The molecular formula is C37H21N9O. The number of ether oxygens (including phenoxy) is 1. The molecule has 0 saturated heterocycles. The Morgan fingerprint density at radius 2 is 0.915 bits per heavy atom. The van der Waals surface area contributed by atoms with Gasteiger partial charge >= 0.3 is 0 Å². The monoisotopic (exact) mass is 607 g/mol. The van der Waals surface area contributed by atoms with Gasteiger partial charge in [0.2, 0.25) is 0 Å². The summed E-state index contributed by atoms with van der Waals surface area (Å²) >= 11 is 0. The molecular weight excluding hydrogens is 586 g/mol. The van der Waals surface area contributed by atoms with Gasteiger partial charge in [-0.15, -0.1) is 0 Å². The quantitative estimate of drug-likeness (QED) is 0.202. The number of nitrogens with one attached hydrogen (secondary N) is 2. The smallest absolute Gasteiger partial charge is 0.164 e. The first-order valence-corrected chi connectivity index (χ1v) is 15.1. The van der Waals surface area contributed by atoms with E-state index in [4.69, 9.17) is 34.6 Å². The maximum absolute atomic E-state index is 6.36. The second-order valence-electron chi connectivity index (χ2n) is 11.2. The highest BCUT2D eigenvalue weighted by Crippen LogP contribution is 2.39. The summed E-state index contributed by atoms with van der Waals surface area (Å²) < 4.78 is 6.36. The van der Waals surface area contributed by atoms with Crippen molar-refractivity contribution in [3.05, 3.63) is 116 Å². The summed E-state index contributed by atoms with van der Waals surface area (Å²) in [7, 11) is 0. The molecule has 4 aromatic carbocycles. The number of rotatable bonds is 2. The lowest BCUT2D eigenvalue weighted by Gasteiger charge is -2.06. The standard InChI is InChI=1S/C37H21N9O/c1-2-11-22-21(10-1)30-39-31(22)41-33-25-14-5-6-15-26(25)35(43-33)45-37-29-27(16-7-17-28(29)47-20-9-8-18-38-19-20)36(46-37)44-34-24-13-4-3-12-23(24)32(40-30)42-34/h1-19H,(H2,39,40,41,42,43,44,45,46). The number of hydrogen-bond acceptors (Lipinski definition) is 8. The molecule has 47 heavy (non-hydrogen) atoms. The van der Waals surface area contributed by atoms with E-state index in [1.54, 1.807) is 12.4 Å². The number of H-pyrrole nitrogens is 2. The van der Waals surface area contributed by atoms with Crippen LogP contribution in [0, 0.1) is 0 Å². The van der Waals surface area contributed by atoms with E-state index in [-0.39, 0.29) is 0 Å². The third-order valence-corrected chi connectivity index (χ3v) is 8.40. The highest BCUT2D eigenvalue weighted by Gasteiger charge is 2.22. The molecule has 0 aliphatic carbocycles. The highest BCUT2D eigenvalue weighted by atomic mass is 16.5. The molecule has 0 unspecified atom stereocenters. The molecule has 2 aliphatic rings. The first-order valence-electron chi connectivity index (χ1n) is 15.1. The minimum absolute atomic E-state index is 0.525. The lowest BCUT2D eigenvalue weighted by Crippen LogP contribution is -1.87. The van der Waals surface area contributed by atoms with Crippen LogP contribution < -0.4 is 4.74 Å². The van der Waals surface area contributed by atoms with E-state index < -0.39 is 0 Å². The third-order valence-electron chi connectivity index (χ3n) is 8.40. The van der Waals surface area contributed by atoms with Crippen molar-refractivity contribution in [3.8, 4) is 57.1 Å². The molecule has 4 aromatic heterocycles. The van der Waals surface area contributed by atoms with Crippen molar-refractivity contribution in [3.63, 3.8) is 0 Å². The van der Waals surface area contributed by atoms with Crippen LogP contribution in [0.5, 0.6) is 11.5 Å². The molecule has 0 radical (unpaired) electrons. The molecule has 0 spiro atoms. The van der Waals surface area contributed by atoms with Gasteiger partial charge in [-0.1, -0.05) is 84.9 Å². The van der Waals surface area contributed by atoms with Crippen LogP contribution in [0.3, 0.4) is 0 Å². The molecule has 10 rings (SSSR count). The molecule has 6 heterocycles. The molecule has 8 bridgehead atoms. The number of nitrogens with zero attached hydrogens (tertiary/aromatic N) is 7. The van der Waals surface area contributed by atoms with Gasteiger partial charge in [-0.25, -0.2) is 29.9 Å². The molecule has 10 heteroatoms. The van der Waals surface area contributed by atoms with Crippen molar-refractivity contribution in [2.45, 2.75) is 0 Å². The van der Waals surface area contributed by atoms with Crippen LogP contribution in [0.2, 0.25) is 0 Å². The third kappa shape index (κ3) is 4.02. The number of aromatic nitrogens is 9. The van der Waals surface area contributed by atoms with Crippen molar-refractivity contribution in [1.29, 1.82) is 0 Å². The zero-order valence-electron chi connectivity index (χ0n) is 24.5. The number of pyridine rings is 1. The van der Waals surface area contributed by atoms with Crippen molar-refractivity contribution in [1.82, 2.24) is 44.9 Å². The van der Waals surface area contributed by atoms with Crippen LogP contribution >= 0.6 is 0 Å². The minimum Gasteiger partial charge on any atom is -0.455 e. The maximum Gasteiger partial charge on any atom is 0.164 e. The lowest BCUT2D eigenvalue weighted by atomic mass is 10.1. The Morgan fingerprint density at radius 1 is 0.426 bits per heavy atom. The zero-order chi connectivity index (χ0) is 30.9.